The Kier molecular flexibility index (Phi) is 5.90. The van der Waals surface area contributed by atoms with Crippen LogP contribution in [-0.4, -0.2) is 13.4 Å². The van der Waals surface area contributed by atoms with Crippen LogP contribution in [0.3, 0.4) is 0 Å². The van der Waals surface area contributed by atoms with E-state index in [4.69, 9.17) is 23.2 Å². The normalized spacial score (nSPS) is 12.6. The molecule has 0 saturated carbocycles. The number of nitrogens with zero attached hydrogens (tertiary/aromatic N) is 1. The summed E-state index contributed by atoms with van der Waals surface area (Å²) in [5.41, 5.74) is 1.24. The van der Waals surface area contributed by atoms with E-state index in [1.807, 2.05) is 6.92 Å². The molecule has 10 heteroatoms. The second-order valence-corrected chi connectivity index (χ2v) is 9.08. The fraction of sp³-hybridized carbons (Fsp3) is 0.118. The summed E-state index contributed by atoms with van der Waals surface area (Å²) in [6, 6.07) is 8.65. The summed E-state index contributed by atoms with van der Waals surface area (Å²) in [6.45, 7) is 1.85. The highest BCUT2D eigenvalue weighted by Gasteiger charge is 2.21. The lowest BCUT2D eigenvalue weighted by molar-refractivity contribution is 0.570. The average Bonchev–Trinajstić information content (AvgIpc) is 3.07. The molecule has 0 saturated heterocycles. The van der Waals surface area contributed by atoms with Crippen LogP contribution in [0.1, 0.15) is 18.5 Å². The number of thiazole rings is 1. The minimum Gasteiger partial charge on any atom is -0.378 e. The summed E-state index contributed by atoms with van der Waals surface area (Å²) in [4.78, 5) is 3.38. The Morgan fingerprint density at radius 2 is 1.85 bits per heavy atom. The van der Waals surface area contributed by atoms with E-state index in [0.29, 0.717) is 15.7 Å². The number of nitrogens with one attached hydrogen (secondary N) is 2. The average molecular weight is 446 g/mol. The molecule has 0 amide bonds. The maximum Gasteiger partial charge on any atom is 0.266 e. The molecule has 0 unspecified atom stereocenters. The van der Waals surface area contributed by atoms with Crippen LogP contribution >= 0.6 is 34.5 Å². The van der Waals surface area contributed by atoms with Gasteiger partial charge in [0.05, 0.1) is 0 Å². The standard InChI is InChI=1S/C17H14Cl2FN3O2S2/c1-10(11-6-12(18)8-13(19)7-11)22-14-2-3-15(20)16(9-14)27(24,25)23-17-21-4-5-26-17/h2-10,22H,1H3,(H,21,23)/t10-/m0/s1. The van der Waals surface area contributed by atoms with Gasteiger partial charge in [-0.3, -0.25) is 4.72 Å². The van der Waals surface area contributed by atoms with Crippen molar-refractivity contribution in [3.05, 3.63) is 69.4 Å². The molecule has 0 fully saturated rings. The van der Waals surface area contributed by atoms with Gasteiger partial charge >= 0.3 is 0 Å². The first-order valence-corrected chi connectivity index (χ1v) is 10.8. The molecule has 1 atom stereocenters. The fourth-order valence-corrected chi connectivity index (χ4v) is 4.84. The Morgan fingerprint density at radius 3 is 2.48 bits per heavy atom. The van der Waals surface area contributed by atoms with Gasteiger partial charge < -0.3 is 5.32 Å². The second-order valence-electron chi connectivity index (χ2n) is 5.66. The lowest BCUT2D eigenvalue weighted by atomic mass is 10.1. The van der Waals surface area contributed by atoms with E-state index in [2.05, 4.69) is 15.0 Å². The third kappa shape index (κ3) is 4.90. The van der Waals surface area contributed by atoms with Gasteiger partial charge in [-0.2, -0.15) is 0 Å². The molecule has 3 rings (SSSR count). The van der Waals surface area contributed by atoms with Crippen molar-refractivity contribution in [2.45, 2.75) is 17.9 Å². The summed E-state index contributed by atoms with van der Waals surface area (Å²) in [5, 5.41) is 5.87. The van der Waals surface area contributed by atoms with E-state index < -0.39 is 20.7 Å². The van der Waals surface area contributed by atoms with Crippen molar-refractivity contribution in [1.29, 1.82) is 0 Å². The molecule has 0 aliphatic rings. The maximum absolute atomic E-state index is 14.2. The van der Waals surface area contributed by atoms with Gasteiger partial charge in [0.1, 0.15) is 10.7 Å². The molecule has 142 valence electrons. The summed E-state index contributed by atoms with van der Waals surface area (Å²) >= 11 is 13.1. The third-order valence-electron chi connectivity index (χ3n) is 3.64. The van der Waals surface area contributed by atoms with E-state index in [1.54, 1.807) is 23.6 Å². The minimum atomic E-state index is -4.11. The number of hydrogen-bond donors (Lipinski definition) is 2. The highest BCUT2D eigenvalue weighted by Crippen LogP contribution is 2.28. The first-order valence-electron chi connectivity index (χ1n) is 7.69. The SMILES string of the molecule is C[C@H](Nc1ccc(F)c(S(=O)(=O)Nc2nccs2)c1)c1cc(Cl)cc(Cl)c1. The zero-order valence-electron chi connectivity index (χ0n) is 13.9. The molecule has 0 spiro atoms. The van der Waals surface area contributed by atoms with Gasteiger partial charge in [0.2, 0.25) is 0 Å². The Bertz CT molecular complexity index is 1040. The molecule has 5 nitrogen and oxygen atoms in total. The molecule has 3 aromatic rings. The predicted octanol–water partition coefficient (Wildman–Crippen LogP) is 5.56. The van der Waals surface area contributed by atoms with Crippen molar-refractivity contribution in [2.75, 3.05) is 10.0 Å². The number of aromatic nitrogens is 1. The summed E-state index contributed by atoms with van der Waals surface area (Å²) in [7, 11) is -4.11. The van der Waals surface area contributed by atoms with Crippen molar-refractivity contribution in [2.24, 2.45) is 0 Å². The van der Waals surface area contributed by atoms with Crippen molar-refractivity contribution < 1.29 is 12.8 Å². The Labute approximate surface area is 170 Å². The van der Waals surface area contributed by atoms with Gasteiger partial charge in [-0.1, -0.05) is 23.2 Å². The Morgan fingerprint density at radius 1 is 1.15 bits per heavy atom. The van der Waals surface area contributed by atoms with Crippen molar-refractivity contribution in [3.8, 4) is 0 Å². The quantitative estimate of drug-likeness (QED) is 0.520. The zero-order valence-corrected chi connectivity index (χ0v) is 17.1. The van der Waals surface area contributed by atoms with Gasteiger partial charge in [0, 0.05) is 33.4 Å². The van der Waals surface area contributed by atoms with E-state index in [9.17, 15) is 12.8 Å². The third-order valence-corrected chi connectivity index (χ3v) is 6.25. The molecule has 1 aromatic heterocycles. The monoisotopic (exact) mass is 445 g/mol. The lowest BCUT2D eigenvalue weighted by Crippen LogP contribution is -2.15. The van der Waals surface area contributed by atoms with Crippen molar-refractivity contribution >= 4 is 55.4 Å². The van der Waals surface area contributed by atoms with E-state index in [1.165, 1.54) is 18.3 Å². The number of hydrogen-bond acceptors (Lipinski definition) is 5. The van der Waals surface area contributed by atoms with E-state index in [0.717, 1.165) is 23.0 Å². The Hall–Kier alpha value is -1.87. The molecule has 2 aromatic carbocycles. The van der Waals surface area contributed by atoms with E-state index >= 15 is 0 Å². The molecule has 0 bridgehead atoms. The second kappa shape index (κ2) is 8.02. The first kappa shape index (κ1) is 19.9. The van der Waals surface area contributed by atoms with E-state index in [-0.39, 0.29) is 11.2 Å². The first-order chi connectivity index (χ1) is 12.7. The van der Waals surface area contributed by atoms with Gasteiger partial charge in [-0.25, -0.2) is 17.8 Å². The number of halogens is 3. The lowest BCUT2D eigenvalue weighted by Gasteiger charge is -2.17. The highest BCUT2D eigenvalue weighted by molar-refractivity contribution is 7.93. The number of anilines is 2. The molecule has 0 radical (unpaired) electrons. The predicted molar refractivity (Wildman–Crippen MR) is 108 cm³/mol. The Balaban J connectivity index is 1.86. The van der Waals surface area contributed by atoms with Crippen LogP contribution in [0, 0.1) is 5.82 Å². The van der Waals surface area contributed by atoms with Crippen LogP contribution in [0.2, 0.25) is 10.0 Å². The van der Waals surface area contributed by atoms with Gasteiger partial charge in [0.25, 0.3) is 10.0 Å². The number of rotatable bonds is 6. The fourth-order valence-electron chi connectivity index (χ4n) is 2.40. The number of benzene rings is 2. The van der Waals surface area contributed by atoms with Crippen LogP contribution in [0.4, 0.5) is 15.2 Å². The summed E-state index contributed by atoms with van der Waals surface area (Å²) < 4.78 is 41.4. The van der Waals surface area contributed by atoms with Crippen molar-refractivity contribution in [3.63, 3.8) is 0 Å². The van der Waals surface area contributed by atoms with Crippen molar-refractivity contribution in [1.82, 2.24) is 4.98 Å². The topological polar surface area (TPSA) is 71.1 Å². The largest absolute Gasteiger partial charge is 0.378 e. The molecule has 2 N–H and O–H groups in total. The highest BCUT2D eigenvalue weighted by atomic mass is 35.5. The van der Waals surface area contributed by atoms with Crippen LogP contribution in [0.5, 0.6) is 0 Å². The number of sulfonamides is 1. The van der Waals surface area contributed by atoms with Crippen LogP contribution in [-0.2, 0) is 10.0 Å². The molecule has 0 aliphatic carbocycles. The smallest absolute Gasteiger partial charge is 0.266 e. The molecule has 27 heavy (non-hydrogen) atoms. The van der Waals surface area contributed by atoms with Crippen LogP contribution in [0.25, 0.3) is 0 Å². The van der Waals surface area contributed by atoms with Gasteiger partial charge in [0.15, 0.2) is 5.13 Å². The molecule has 1 heterocycles. The van der Waals surface area contributed by atoms with Crippen LogP contribution < -0.4 is 10.0 Å². The molecular formula is C17H14Cl2FN3O2S2. The molecular weight excluding hydrogens is 432 g/mol. The zero-order chi connectivity index (χ0) is 19.6. The van der Waals surface area contributed by atoms with Gasteiger partial charge in [-0.15, -0.1) is 11.3 Å². The summed E-state index contributed by atoms with van der Waals surface area (Å²) in [5.74, 6) is -0.858. The minimum absolute atomic E-state index is 0.162. The van der Waals surface area contributed by atoms with Crippen LogP contribution in [0.15, 0.2) is 52.9 Å². The summed E-state index contributed by atoms with van der Waals surface area (Å²) in [6.07, 6.45) is 1.45. The maximum atomic E-state index is 14.2. The molecule has 0 aliphatic heterocycles. The van der Waals surface area contributed by atoms with Gasteiger partial charge in [-0.05, 0) is 48.9 Å².